The zero-order valence-electron chi connectivity index (χ0n) is 30.7. The first-order valence-electron chi connectivity index (χ1n) is 20.7. The number of aliphatic hydroxyl groups is 1. The number of rotatable bonds is 21. The molecule has 0 aliphatic heterocycles. The van der Waals surface area contributed by atoms with Crippen LogP contribution >= 0.6 is 0 Å². The summed E-state index contributed by atoms with van der Waals surface area (Å²) in [5, 5.41) is 13.6. The fourth-order valence-electron chi connectivity index (χ4n) is 11.8. The summed E-state index contributed by atoms with van der Waals surface area (Å²) >= 11 is 0. The third-order valence-corrected chi connectivity index (χ3v) is 14.6. The molecular weight excluding hydrogens is 550 g/mol. The first-order valence-corrected chi connectivity index (χ1v) is 20.7. The topological polar surface area (TPSA) is 49.3 Å². The van der Waals surface area contributed by atoms with Gasteiger partial charge in [-0.25, -0.2) is 0 Å². The van der Waals surface area contributed by atoms with E-state index in [-0.39, 0.29) is 12.0 Å². The summed E-state index contributed by atoms with van der Waals surface area (Å²) in [6.45, 7) is 10.9. The molecule has 4 saturated carbocycles. The van der Waals surface area contributed by atoms with Gasteiger partial charge >= 0.3 is 0 Å². The molecule has 0 aromatic heterocycles. The van der Waals surface area contributed by atoms with Crippen LogP contribution in [-0.2, 0) is 4.79 Å². The second kappa shape index (κ2) is 18.8. The van der Waals surface area contributed by atoms with E-state index >= 15 is 0 Å². The zero-order chi connectivity index (χ0) is 32.1. The molecule has 0 saturated heterocycles. The van der Waals surface area contributed by atoms with Gasteiger partial charge in [-0.15, -0.1) is 0 Å². The van der Waals surface area contributed by atoms with Gasteiger partial charge in [0.1, 0.15) is 0 Å². The molecule has 0 spiro atoms. The van der Waals surface area contributed by atoms with Crippen molar-refractivity contribution in [2.75, 3.05) is 6.54 Å². The summed E-state index contributed by atoms with van der Waals surface area (Å²) in [5.74, 6) is 5.14. The van der Waals surface area contributed by atoms with Crippen molar-refractivity contribution in [1.82, 2.24) is 5.32 Å². The Morgan fingerprint density at radius 1 is 0.711 bits per heavy atom. The molecule has 0 aromatic rings. The van der Waals surface area contributed by atoms with Crippen LogP contribution in [0.2, 0.25) is 0 Å². The summed E-state index contributed by atoms with van der Waals surface area (Å²) in [4.78, 5) is 12.7. The van der Waals surface area contributed by atoms with Gasteiger partial charge in [-0.05, 0) is 117 Å². The third kappa shape index (κ3) is 10.2. The number of nitrogens with one attached hydrogen (secondary N) is 1. The first-order chi connectivity index (χ1) is 21.8. The lowest BCUT2D eigenvalue weighted by atomic mass is 9.44. The number of carbonyl (C=O) groups is 1. The molecule has 0 heterocycles. The highest BCUT2D eigenvalue weighted by Gasteiger charge is 2.60. The molecule has 262 valence electrons. The van der Waals surface area contributed by atoms with Gasteiger partial charge in [-0.3, -0.25) is 4.79 Å². The van der Waals surface area contributed by atoms with Gasteiger partial charge in [-0.1, -0.05) is 124 Å². The van der Waals surface area contributed by atoms with E-state index in [1.165, 1.54) is 141 Å². The van der Waals surface area contributed by atoms with E-state index in [4.69, 9.17) is 0 Å². The molecular formula is C42H77NO2. The van der Waals surface area contributed by atoms with Gasteiger partial charge in [0.25, 0.3) is 0 Å². The Kier molecular flexibility index (Phi) is 15.6. The molecule has 45 heavy (non-hydrogen) atoms. The highest BCUT2D eigenvalue weighted by Crippen LogP contribution is 2.68. The minimum absolute atomic E-state index is 0.0451. The van der Waals surface area contributed by atoms with Crippen molar-refractivity contribution in [1.29, 1.82) is 0 Å². The van der Waals surface area contributed by atoms with Gasteiger partial charge in [0.15, 0.2) is 0 Å². The average molecular weight is 628 g/mol. The van der Waals surface area contributed by atoms with Crippen LogP contribution in [0.3, 0.4) is 0 Å². The largest absolute Gasteiger partial charge is 0.393 e. The highest BCUT2D eigenvalue weighted by atomic mass is 16.3. The van der Waals surface area contributed by atoms with Crippen molar-refractivity contribution in [3.8, 4) is 0 Å². The maximum atomic E-state index is 12.7. The Bertz CT molecular complexity index is 843. The maximum absolute atomic E-state index is 12.7. The molecule has 0 aromatic carbocycles. The molecule has 0 radical (unpaired) electrons. The Hall–Kier alpha value is -0.570. The molecule has 0 bridgehead atoms. The summed E-state index contributed by atoms with van der Waals surface area (Å²) in [6, 6.07) is 0. The van der Waals surface area contributed by atoms with Crippen LogP contribution in [0, 0.1) is 46.3 Å². The van der Waals surface area contributed by atoms with Crippen LogP contribution < -0.4 is 5.32 Å². The van der Waals surface area contributed by atoms with Gasteiger partial charge in [0, 0.05) is 13.0 Å². The molecule has 4 rings (SSSR count). The molecule has 1 amide bonds. The number of aliphatic hydroxyl groups excluding tert-OH is 1. The van der Waals surface area contributed by atoms with Crippen LogP contribution in [0.15, 0.2) is 0 Å². The van der Waals surface area contributed by atoms with Crippen molar-refractivity contribution in [2.24, 2.45) is 46.3 Å². The minimum atomic E-state index is -0.0451. The van der Waals surface area contributed by atoms with Crippen LogP contribution in [0.5, 0.6) is 0 Å². The summed E-state index contributed by atoms with van der Waals surface area (Å²) in [6.07, 6.45) is 35.7. The van der Waals surface area contributed by atoms with E-state index in [0.29, 0.717) is 23.2 Å². The molecule has 9 unspecified atom stereocenters. The Balaban J connectivity index is 1.02. The van der Waals surface area contributed by atoms with Crippen molar-refractivity contribution >= 4 is 5.91 Å². The van der Waals surface area contributed by atoms with Gasteiger partial charge < -0.3 is 10.4 Å². The van der Waals surface area contributed by atoms with Crippen LogP contribution in [0.25, 0.3) is 0 Å². The van der Waals surface area contributed by atoms with Crippen molar-refractivity contribution in [2.45, 2.75) is 207 Å². The van der Waals surface area contributed by atoms with Gasteiger partial charge in [0.05, 0.1) is 6.10 Å². The summed E-state index contributed by atoms with van der Waals surface area (Å²) < 4.78 is 0. The molecule has 4 aliphatic rings. The van der Waals surface area contributed by atoms with Gasteiger partial charge in [0.2, 0.25) is 5.91 Å². The highest BCUT2D eigenvalue weighted by molar-refractivity contribution is 5.75. The van der Waals surface area contributed by atoms with E-state index in [1.807, 2.05) is 0 Å². The average Bonchev–Trinajstić information content (AvgIpc) is 3.39. The SMILES string of the molecule is CCCCCCCCCCCCCCCCCCNC(=O)CCC(C)C1CCC2C3CCC4CC(O)CCC4(C)C3CCC12C. The fourth-order valence-corrected chi connectivity index (χ4v) is 11.8. The van der Waals surface area contributed by atoms with E-state index in [2.05, 4.69) is 33.0 Å². The maximum Gasteiger partial charge on any atom is 0.220 e. The number of hydrogen-bond donors (Lipinski definition) is 2. The van der Waals surface area contributed by atoms with Crippen LogP contribution in [0.4, 0.5) is 0 Å². The molecule has 3 heteroatoms. The Morgan fingerprint density at radius 3 is 1.89 bits per heavy atom. The van der Waals surface area contributed by atoms with E-state index < -0.39 is 0 Å². The monoisotopic (exact) mass is 628 g/mol. The predicted octanol–water partition coefficient (Wildman–Crippen LogP) is 11.8. The first kappa shape index (κ1) is 37.3. The molecule has 9 atom stereocenters. The third-order valence-electron chi connectivity index (χ3n) is 14.6. The second-order valence-electron chi connectivity index (χ2n) is 17.5. The quantitative estimate of drug-likeness (QED) is 0.124. The van der Waals surface area contributed by atoms with Crippen molar-refractivity contribution < 1.29 is 9.90 Å². The normalized spacial score (nSPS) is 35.0. The zero-order valence-corrected chi connectivity index (χ0v) is 30.7. The number of hydrogen-bond acceptors (Lipinski definition) is 2. The molecule has 4 fully saturated rings. The number of unbranched alkanes of at least 4 members (excludes halogenated alkanes) is 15. The smallest absolute Gasteiger partial charge is 0.220 e. The second-order valence-corrected chi connectivity index (χ2v) is 17.5. The van der Waals surface area contributed by atoms with Crippen molar-refractivity contribution in [3.05, 3.63) is 0 Å². The molecule has 3 nitrogen and oxygen atoms in total. The van der Waals surface area contributed by atoms with E-state index in [1.54, 1.807) is 0 Å². The Morgan fingerprint density at radius 2 is 1.27 bits per heavy atom. The minimum Gasteiger partial charge on any atom is -0.393 e. The fraction of sp³-hybridized carbons (Fsp3) is 0.976. The van der Waals surface area contributed by atoms with Crippen LogP contribution in [-0.4, -0.2) is 23.7 Å². The van der Waals surface area contributed by atoms with E-state index in [0.717, 1.165) is 61.8 Å². The number of amides is 1. The molecule has 2 N–H and O–H groups in total. The predicted molar refractivity (Wildman–Crippen MR) is 192 cm³/mol. The van der Waals surface area contributed by atoms with Crippen LogP contribution in [0.1, 0.15) is 201 Å². The lowest BCUT2D eigenvalue weighted by Crippen LogP contribution is -2.54. The van der Waals surface area contributed by atoms with Crippen molar-refractivity contribution in [3.63, 3.8) is 0 Å². The standard InChI is InChI=1S/C42H77NO2/c1-5-6-7-8-9-10-11-12-13-14-15-16-17-18-19-20-31-43-40(45)26-21-33(2)37-24-25-38-36-23-22-34-32-35(44)27-29-41(34,3)39(36)28-30-42(37,38)4/h33-39,44H,5-32H2,1-4H3,(H,43,45). The summed E-state index contributed by atoms with van der Waals surface area (Å²) in [7, 11) is 0. The number of fused-ring (bicyclic) bond motifs is 5. The van der Waals surface area contributed by atoms with E-state index in [9.17, 15) is 9.90 Å². The summed E-state index contributed by atoms with van der Waals surface area (Å²) in [5.41, 5.74) is 0.944. The molecule has 4 aliphatic carbocycles. The Labute approximate surface area is 280 Å². The lowest BCUT2D eigenvalue weighted by molar-refractivity contribution is -0.129. The lowest BCUT2D eigenvalue weighted by Gasteiger charge is -2.61. The van der Waals surface area contributed by atoms with Gasteiger partial charge in [-0.2, -0.15) is 0 Å². The number of carbonyl (C=O) groups excluding carboxylic acids is 1.